The van der Waals surface area contributed by atoms with Crippen molar-refractivity contribution < 1.29 is 9.47 Å². The Morgan fingerprint density at radius 1 is 1.00 bits per heavy atom. The molecule has 0 aliphatic rings. The van der Waals surface area contributed by atoms with E-state index in [1.165, 1.54) is 15.6 Å². The summed E-state index contributed by atoms with van der Waals surface area (Å²) in [7, 11) is 3.19. The van der Waals surface area contributed by atoms with Gasteiger partial charge in [-0.2, -0.15) is 14.9 Å². The number of ether oxygens (including phenoxy) is 2. The molecule has 1 N–H and O–H groups in total. The summed E-state index contributed by atoms with van der Waals surface area (Å²) in [6.07, 6.45) is 5.09. The molecule has 2 heterocycles. The minimum absolute atomic E-state index is 0.224. The van der Waals surface area contributed by atoms with Gasteiger partial charge in [0.05, 0.1) is 32.6 Å². The minimum atomic E-state index is -0.224. The second-order valence-electron chi connectivity index (χ2n) is 6.21. The Morgan fingerprint density at radius 3 is 2.32 bits per heavy atom. The van der Waals surface area contributed by atoms with Crippen molar-refractivity contribution in [3.8, 4) is 28.3 Å². The molecule has 0 aliphatic heterocycles. The van der Waals surface area contributed by atoms with Crippen LogP contribution in [0.25, 0.3) is 16.8 Å². The van der Waals surface area contributed by atoms with E-state index in [1.54, 1.807) is 26.5 Å². The Bertz CT molecular complexity index is 1110. The highest BCUT2D eigenvalue weighted by Gasteiger charge is 2.10. The van der Waals surface area contributed by atoms with Crippen LogP contribution in [-0.4, -0.2) is 38.8 Å². The quantitative estimate of drug-likeness (QED) is 0.558. The lowest BCUT2D eigenvalue weighted by atomic mass is 10.1. The van der Waals surface area contributed by atoms with Gasteiger partial charge in [0.1, 0.15) is 17.8 Å². The molecule has 0 atom stereocenters. The molecule has 0 spiro atoms. The minimum Gasteiger partial charge on any atom is -0.497 e. The summed E-state index contributed by atoms with van der Waals surface area (Å²) in [5.74, 6) is 1.34. The molecule has 8 heteroatoms. The first-order chi connectivity index (χ1) is 13.7. The molecule has 2 aromatic carbocycles. The van der Waals surface area contributed by atoms with Crippen molar-refractivity contribution in [2.24, 2.45) is 0 Å². The Hall–Kier alpha value is -3.81. The number of aromatic nitrogens is 5. The highest BCUT2D eigenvalue weighted by molar-refractivity contribution is 5.62. The van der Waals surface area contributed by atoms with Gasteiger partial charge in [0, 0.05) is 17.8 Å². The van der Waals surface area contributed by atoms with Crippen molar-refractivity contribution in [3.05, 3.63) is 77.2 Å². The summed E-state index contributed by atoms with van der Waals surface area (Å²) in [4.78, 5) is 12.8. The maximum atomic E-state index is 12.8. The summed E-state index contributed by atoms with van der Waals surface area (Å²) < 4.78 is 13.5. The normalized spacial score (nSPS) is 10.8. The molecule has 0 bridgehead atoms. The van der Waals surface area contributed by atoms with Crippen LogP contribution in [0.2, 0.25) is 0 Å². The van der Waals surface area contributed by atoms with Crippen molar-refractivity contribution in [3.63, 3.8) is 0 Å². The first-order valence-corrected chi connectivity index (χ1v) is 8.64. The molecule has 0 radical (unpaired) electrons. The number of hydrogen-bond donors (Lipinski definition) is 1. The number of aromatic amines is 1. The molecular weight excluding hydrogens is 358 g/mol. The maximum Gasteiger partial charge on any atom is 0.350 e. The molecule has 28 heavy (non-hydrogen) atoms. The summed E-state index contributed by atoms with van der Waals surface area (Å²) in [5, 5.41) is 11.0. The van der Waals surface area contributed by atoms with E-state index >= 15 is 0 Å². The van der Waals surface area contributed by atoms with Gasteiger partial charge in [-0.1, -0.05) is 12.1 Å². The van der Waals surface area contributed by atoms with Gasteiger partial charge in [-0.15, -0.1) is 0 Å². The first kappa shape index (κ1) is 17.6. The van der Waals surface area contributed by atoms with Gasteiger partial charge in [-0.05, 0) is 35.4 Å². The van der Waals surface area contributed by atoms with E-state index in [0.29, 0.717) is 23.7 Å². The first-order valence-electron chi connectivity index (χ1n) is 8.64. The highest BCUT2D eigenvalue weighted by Crippen LogP contribution is 2.23. The molecule has 8 nitrogen and oxygen atoms in total. The van der Waals surface area contributed by atoms with E-state index in [2.05, 4.69) is 15.3 Å². The van der Waals surface area contributed by atoms with E-state index in [1.807, 2.05) is 42.6 Å². The molecule has 142 valence electrons. The Kier molecular flexibility index (Phi) is 4.67. The van der Waals surface area contributed by atoms with Gasteiger partial charge in [0.2, 0.25) is 0 Å². The average molecular weight is 377 g/mol. The molecule has 0 unspecified atom stereocenters. The van der Waals surface area contributed by atoms with Crippen LogP contribution >= 0.6 is 0 Å². The smallest absolute Gasteiger partial charge is 0.350 e. The molecule has 4 aromatic rings. The highest BCUT2D eigenvalue weighted by atomic mass is 16.5. The van der Waals surface area contributed by atoms with E-state index in [9.17, 15) is 4.79 Å². The number of hydrogen-bond acceptors (Lipinski definition) is 5. The zero-order chi connectivity index (χ0) is 19.5. The average Bonchev–Trinajstić information content (AvgIpc) is 3.39. The molecule has 0 amide bonds. The fourth-order valence-electron chi connectivity index (χ4n) is 2.98. The molecule has 2 aromatic heterocycles. The van der Waals surface area contributed by atoms with E-state index in [-0.39, 0.29) is 5.69 Å². The third kappa shape index (κ3) is 3.39. The number of benzene rings is 2. The second-order valence-corrected chi connectivity index (χ2v) is 6.21. The van der Waals surface area contributed by atoms with E-state index in [0.717, 1.165) is 16.7 Å². The number of nitrogens with zero attached hydrogens (tertiary/aromatic N) is 4. The fraction of sp³-hybridized carbons (Fsp3) is 0.150. The zero-order valence-electron chi connectivity index (χ0n) is 15.5. The van der Waals surface area contributed by atoms with Crippen LogP contribution in [0.1, 0.15) is 5.56 Å². The second kappa shape index (κ2) is 7.43. The van der Waals surface area contributed by atoms with Crippen LogP contribution in [-0.2, 0) is 6.54 Å². The van der Waals surface area contributed by atoms with Gasteiger partial charge in [0.15, 0.2) is 0 Å². The van der Waals surface area contributed by atoms with E-state index < -0.39 is 0 Å². The summed E-state index contributed by atoms with van der Waals surface area (Å²) in [6.45, 7) is 0.361. The van der Waals surface area contributed by atoms with Crippen LogP contribution in [0.4, 0.5) is 0 Å². The van der Waals surface area contributed by atoms with Crippen LogP contribution < -0.4 is 15.2 Å². The van der Waals surface area contributed by atoms with Gasteiger partial charge in [-0.25, -0.2) is 4.79 Å². The molecular formula is C20H19N5O3. The van der Waals surface area contributed by atoms with Crippen molar-refractivity contribution in [2.45, 2.75) is 6.54 Å². The number of H-pyrrole nitrogens is 1. The summed E-state index contributed by atoms with van der Waals surface area (Å²) >= 11 is 0. The molecule has 0 fully saturated rings. The maximum absolute atomic E-state index is 12.8. The predicted molar refractivity (Wildman–Crippen MR) is 104 cm³/mol. The standard InChI is InChI=1S/C20H19N5O3/c1-27-18-7-14(8-19(9-18)28-2)12-24-13-23-25(20(24)26)17-5-3-15(4-6-17)16-10-21-22-11-16/h3-11,13H,12H2,1-2H3,(H,21,22). The van der Waals surface area contributed by atoms with Crippen LogP contribution in [0, 0.1) is 0 Å². The number of methoxy groups -OCH3 is 2. The fourth-order valence-corrected chi connectivity index (χ4v) is 2.98. The summed E-state index contributed by atoms with van der Waals surface area (Å²) in [5.41, 5.74) is 3.34. The largest absolute Gasteiger partial charge is 0.497 e. The zero-order valence-corrected chi connectivity index (χ0v) is 15.5. The van der Waals surface area contributed by atoms with Gasteiger partial charge in [-0.3, -0.25) is 9.67 Å². The number of nitrogens with one attached hydrogen (secondary N) is 1. The van der Waals surface area contributed by atoms with Gasteiger partial charge < -0.3 is 9.47 Å². The Balaban J connectivity index is 1.60. The third-order valence-corrected chi connectivity index (χ3v) is 4.44. The van der Waals surface area contributed by atoms with Crippen molar-refractivity contribution in [2.75, 3.05) is 14.2 Å². The van der Waals surface area contributed by atoms with E-state index in [4.69, 9.17) is 9.47 Å². The lowest BCUT2D eigenvalue weighted by molar-refractivity contribution is 0.393. The van der Waals surface area contributed by atoms with Crippen LogP contribution in [0.5, 0.6) is 11.5 Å². The Labute approximate surface area is 161 Å². The Morgan fingerprint density at radius 2 is 1.71 bits per heavy atom. The molecule has 0 aliphatic carbocycles. The number of rotatable bonds is 6. The lowest BCUT2D eigenvalue weighted by Gasteiger charge is -2.08. The van der Waals surface area contributed by atoms with Gasteiger partial charge >= 0.3 is 5.69 Å². The lowest BCUT2D eigenvalue weighted by Crippen LogP contribution is -2.24. The summed E-state index contributed by atoms with van der Waals surface area (Å²) in [6, 6.07) is 13.1. The monoisotopic (exact) mass is 377 g/mol. The molecule has 4 rings (SSSR count). The van der Waals surface area contributed by atoms with Crippen molar-refractivity contribution >= 4 is 0 Å². The van der Waals surface area contributed by atoms with Gasteiger partial charge in [0.25, 0.3) is 0 Å². The van der Waals surface area contributed by atoms with Crippen LogP contribution in [0.15, 0.2) is 66.0 Å². The third-order valence-electron chi connectivity index (χ3n) is 4.44. The predicted octanol–water partition coefficient (Wildman–Crippen LogP) is 2.49. The van der Waals surface area contributed by atoms with Crippen molar-refractivity contribution in [1.82, 2.24) is 24.5 Å². The topological polar surface area (TPSA) is 87.0 Å². The molecule has 0 saturated carbocycles. The van der Waals surface area contributed by atoms with Crippen molar-refractivity contribution in [1.29, 1.82) is 0 Å². The van der Waals surface area contributed by atoms with Crippen LogP contribution in [0.3, 0.4) is 0 Å². The SMILES string of the molecule is COc1cc(Cn2cnn(-c3ccc(-c4cn[nH]c4)cc3)c2=O)cc(OC)c1. The molecule has 0 saturated heterocycles.